The highest BCUT2D eigenvalue weighted by molar-refractivity contribution is 6.32. The minimum Gasteiger partial charge on any atom is -0.491 e. The topological polar surface area (TPSA) is 81.8 Å². The van der Waals surface area contributed by atoms with Gasteiger partial charge < -0.3 is 20.3 Å². The van der Waals surface area contributed by atoms with E-state index >= 15 is 0 Å². The van der Waals surface area contributed by atoms with E-state index in [1.54, 1.807) is 6.07 Å². The van der Waals surface area contributed by atoms with Crippen LogP contribution < -0.4 is 15.2 Å². The first kappa shape index (κ1) is 14.0. The van der Waals surface area contributed by atoms with Gasteiger partial charge in [-0.25, -0.2) is 0 Å². The van der Waals surface area contributed by atoms with Crippen LogP contribution in [0.5, 0.6) is 11.5 Å². The number of methoxy groups -OCH3 is 1. The number of rotatable bonds is 6. The van der Waals surface area contributed by atoms with E-state index in [9.17, 15) is 4.79 Å². The van der Waals surface area contributed by atoms with Crippen molar-refractivity contribution in [2.75, 3.05) is 13.7 Å². The summed E-state index contributed by atoms with van der Waals surface area (Å²) in [5.41, 5.74) is 5.97. The number of hydrogen-bond acceptors (Lipinski definition) is 4. The summed E-state index contributed by atoms with van der Waals surface area (Å²) < 4.78 is 10.8. The average Bonchev–Trinajstić information content (AvgIpc) is 3.18. The molecule has 0 saturated heterocycles. The Kier molecular flexibility index (Phi) is 4.17. The van der Waals surface area contributed by atoms with Crippen LogP contribution in [0, 0.1) is 5.92 Å². The van der Waals surface area contributed by atoms with Gasteiger partial charge in [-0.05, 0) is 36.5 Å². The van der Waals surface area contributed by atoms with Gasteiger partial charge in [-0.2, -0.15) is 0 Å². The van der Waals surface area contributed by atoms with Crippen LogP contribution in [0.3, 0.4) is 0 Å². The molecule has 1 aliphatic carbocycles. The van der Waals surface area contributed by atoms with Crippen LogP contribution in [0.2, 0.25) is 5.02 Å². The van der Waals surface area contributed by atoms with E-state index in [-0.39, 0.29) is 0 Å². The second-order valence-electron chi connectivity index (χ2n) is 4.60. The van der Waals surface area contributed by atoms with Crippen molar-refractivity contribution in [3.05, 3.63) is 22.7 Å². The second-order valence-corrected chi connectivity index (χ2v) is 5.01. The molecule has 3 N–H and O–H groups in total. The predicted molar refractivity (Wildman–Crippen MR) is 70.8 cm³/mol. The van der Waals surface area contributed by atoms with E-state index in [1.165, 1.54) is 13.2 Å². The van der Waals surface area contributed by atoms with Crippen molar-refractivity contribution in [1.29, 1.82) is 0 Å². The minimum absolute atomic E-state index is 0.294. The number of carbonyl (C=O) groups is 1. The molecule has 1 unspecified atom stereocenters. The number of ether oxygens (including phenoxy) is 2. The molecule has 1 fully saturated rings. The van der Waals surface area contributed by atoms with Gasteiger partial charge in [0.2, 0.25) is 0 Å². The minimum atomic E-state index is -1.13. The quantitative estimate of drug-likeness (QED) is 0.837. The van der Waals surface area contributed by atoms with Crippen molar-refractivity contribution in [3.63, 3.8) is 0 Å². The molecule has 0 heterocycles. The zero-order valence-corrected chi connectivity index (χ0v) is 11.3. The van der Waals surface area contributed by atoms with Crippen LogP contribution in [0.1, 0.15) is 24.4 Å². The fourth-order valence-electron chi connectivity index (χ4n) is 1.71. The highest BCUT2D eigenvalue weighted by Crippen LogP contribution is 2.39. The normalized spacial score (nSPS) is 15.9. The molecule has 1 aliphatic rings. The molecule has 5 nitrogen and oxygen atoms in total. The van der Waals surface area contributed by atoms with Gasteiger partial charge in [-0.3, -0.25) is 4.79 Å². The Morgan fingerprint density at radius 2 is 2.26 bits per heavy atom. The Labute approximate surface area is 116 Å². The molecule has 1 aromatic rings. The fraction of sp³-hybridized carbons (Fsp3) is 0.462. The maximum Gasteiger partial charge on any atom is 0.325 e. The molecule has 0 radical (unpaired) electrons. The molecule has 0 bridgehead atoms. The molecule has 0 amide bonds. The second kappa shape index (κ2) is 5.67. The summed E-state index contributed by atoms with van der Waals surface area (Å²) in [6.45, 7) is 0.582. The average molecular weight is 286 g/mol. The summed E-state index contributed by atoms with van der Waals surface area (Å²) in [4.78, 5) is 10.9. The molecule has 1 atom stereocenters. The van der Waals surface area contributed by atoms with Crippen molar-refractivity contribution in [2.45, 2.75) is 18.9 Å². The Bertz CT molecular complexity index is 488. The largest absolute Gasteiger partial charge is 0.491 e. The van der Waals surface area contributed by atoms with Gasteiger partial charge in [-0.1, -0.05) is 11.6 Å². The Balaban J connectivity index is 2.28. The number of aliphatic carboxylic acids is 1. The summed E-state index contributed by atoms with van der Waals surface area (Å²) >= 11 is 6.06. The lowest BCUT2D eigenvalue weighted by atomic mass is 10.1. The maximum atomic E-state index is 10.9. The van der Waals surface area contributed by atoms with E-state index in [4.69, 9.17) is 31.9 Å². The fourth-order valence-corrected chi connectivity index (χ4v) is 2.00. The number of benzene rings is 1. The van der Waals surface area contributed by atoms with E-state index in [0.29, 0.717) is 34.6 Å². The van der Waals surface area contributed by atoms with Crippen LogP contribution in [0.4, 0.5) is 0 Å². The summed E-state index contributed by atoms with van der Waals surface area (Å²) in [5, 5.41) is 9.23. The molecule has 2 rings (SSSR count). The molecule has 1 saturated carbocycles. The van der Waals surface area contributed by atoms with Crippen LogP contribution in [-0.4, -0.2) is 24.8 Å². The summed E-state index contributed by atoms with van der Waals surface area (Å²) in [7, 11) is 1.49. The van der Waals surface area contributed by atoms with Crippen molar-refractivity contribution in [3.8, 4) is 11.5 Å². The maximum absolute atomic E-state index is 10.9. The SMILES string of the molecule is COc1c(Cl)cc(C(N)C(=O)O)cc1OCC1CC1. The number of halogens is 1. The Morgan fingerprint density at radius 1 is 1.58 bits per heavy atom. The predicted octanol–water partition coefficient (Wildman–Crippen LogP) is 2.22. The van der Waals surface area contributed by atoms with Gasteiger partial charge in [0.1, 0.15) is 6.04 Å². The van der Waals surface area contributed by atoms with Gasteiger partial charge in [-0.15, -0.1) is 0 Å². The molecular formula is C13H16ClNO4. The third-order valence-electron chi connectivity index (χ3n) is 3.03. The highest BCUT2D eigenvalue weighted by Gasteiger charge is 2.24. The summed E-state index contributed by atoms with van der Waals surface area (Å²) in [6, 6.07) is 1.93. The van der Waals surface area contributed by atoms with Crippen LogP contribution in [0.25, 0.3) is 0 Å². The number of nitrogens with two attached hydrogens (primary N) is 1. The Morgan fingerprint density at radius 3 is 2.79 bits per heavy atom. The molecule has 0 aromatic heterocycles. The lowest BCUT2D eigenvalue weighted by Crippen LogP contribution is -2.20. The van der Waals surface area contributed by atoms with Gasteiger partial charge in [0, 0.05) is 0 Å². The first-order chi connectivity index (χ1) is 9.02. The smallest absolute Gasteiger partial charge is 0.325 e. The molecule has 104 valence electrons. The number of hydrogen-bond donors (Lipinski definition) is 2. The molecule has 0 aliphatic heterocycles. The summed E-state index contributed by atoms with van der Waals surface area (Å²) in [6.07, 6.45) is 2.31. The Hall–Kier alpha value is -1.46. The van der Waals surface area contributed by atoms with E-state index < -0.39 is 12.0 Å². The molecular weight excluding hydrogens is 270 g/mol. The number of carboxylic acid groups (broad SMARTS) is 1. The van der Waals surface area contributed by atoms with Gasteiger partial charge >= 0.3 is 5.97 Å². The van der Waals surface area contributed by atoms with E-state index in [0.717, 1.165) is 12.8 Å². The van der Waals surface area contributed by atoms with Gasteiger partial charge in [0.05, 0.1) is 18.7 Å². The first-order valence-electron chi connectivity index (χ1n) is 6.01. The van der Waals surface area contributed by atoms with Gasteiger partial charge in [0.15, 0.2) is 11.5 Å². The molecule has 1 aromatic carbocycles. The van der Waals surface area contributed by atoms with Crippen LogP contribution in [0.15, 0.2) is 12.1 Å². The number of carboxylic acids is 1. The molecule has 19 heavy (non-hydrogen) atoms. The molecule has 6 heteroatoms. The standard InChI is InChI=1S/C13H16ClNO4/c1-18-12-9(14)4-8(11(15)13(16)17)5-10(12)19-6-7-2-3-7/h4-5,7,11H,2-3,6,15H2,1H3,(H,16,17). The lowest BCUT2D eigenvalue weighted by Gasteiger charge is -2.15. The van der Waals surface area contributed by atoms with Crippen molar-refractivity contribution >= 4 is 17.6 Å². The first-order valence-corrected chi connectivity index (χ1v) is 6.39. The third-order valence-corrected chi connectivity index (χ3v) is 3.31. The zero-order valence-electron chi connectivity index (χ0n) is 10.6. The van der Waals surface area contributed by atoms with Crippen molar-refractivity contribution in [1.82, 2.24) is 0 Å². The zero-order chi connectivity index (χ0) is 14.0. The highest BCUT2D eigenvalue weighted by atomic mass is 35.5. The lowest BCUT2D eigenvalue weighted by molar-refractivity contribution is -0.138. The van der Waals surface area contributed by atoms with Crippen LogP contribution >= 0.6 is 11.6 Å². The third kappa shape index (κ3) is 3.30. The monoisotopic (exact) mass is 285 g/mol. The molecule has 0 spiro atoms. The van der Waals surface area contributed by atoms with E-state index in [1.807, 2.05) is 0 Å². The van der Waals surface area contributed by atoms with E-state index in [2.05, 4.69) is 0 Å². The van der Waals surface area contributed by atoms with Crippen molar-refractivity contribution < 1.29 is 19.4 Å². The van der Waals surface area contributed by atoms with Crippen LogP contribution in [-0.2, 0) is 4.79 Å². The van der Waals surface area contributed by atoms with Gasteiger partial charge in [0.25, 0.3) is 0 Å². The van der Waals surface area contributed by atoms with Crippen molar-refractivity contribution in [2.24, 2.45) is 11.7 Å². The summed E-state index contributed by atoms with van der Waals surface area (Å²) in [5.74, 6) is 0.298.